The van der Waals surface area contributed by atoms with Crippen molar-refractivity contribution in [1.29, 1.82) is 0 Å². The van der Waals surface area contributed by atoms with E-state index in [4.69, 9.17) is 0 Å². The molecule has 3 rings (SSSR count). The van der Waals surface area contributed by atoms with Gasteiger partial charge in [-0.1, -0.05) is 6.07 Å². The van der Waals surface area contributed by atoms with Crippen LogP contribution in [0.1, 0.15) is 16.1 Å². The number of aromatic amines is 1. The largest absolute Gasteiger partial charge is 0.359 e. The summed E-state index contributed by atoms with van der Waals surface area (Å²) >= 11 is 0. The highest BCUT2D eigenvalue weighted by Gasteiger charge is 2.07. The second kappa shape index (κ2) is 4.81. The van der Waals surface area contributed by atoms with Crippen LogP contribution in [0.5, 0.6) is 0 Å². The van der Waals surface area contributed by atoms with Gasteiger partial charge in [0, 0.05) is 27.8 Å². The van der Waals surface area contributed by atoms with Gasteiger partial charge in [-0.15, -0.1) is 0 Å². The lowest BCUT2D eigenvalue weighted by Crippen LogP contribution is -2.11. The molecule has 2 aromatic carbocycles. The maximum atomic E-state index is 13.1. The summed E-state index contributed by atoms with van der Waals surface area (Å²) in [6.07, 6.45) is 0. The zero-order valence-corrected chi connectivity index (χ0v) is 10.9. The predicted octanol–water partition coefficient (Wildman–Crippen LogP) is 3.87. The third kappa shape index (κ3) is 2.40. The first-order valence-electron chi connectivity index (χ1n) is 6.28. The first-order valence-corrected chi connectivity index (χ1v) is 6.28. The summed E-state index contributed by atoms with van der Waals surface area (Å²) in [6.45, 7) is 1.98. The number of carbonyl (C=O) groups excluding carboxylic acids is 1. The van der Waals surface area contributed by atoms with Gasteiger partial charge in [-0.2, -0.15) is 0 Å². The Morgan fingerprint density at radius 3 is 2.80 bits per heavy atom. The Morgan fingerprint density at radius 2 is 2.00 bits per heavy atom. The number of hydrogen-bond donors (Lipinski definition) is 2. The molecule has 3 aromatic rings. The predicted molar refractivity (Wildman–Crippen MR) is 77.4 cm³/mol. The van der Waals surface area contributed by atoms with Gasteiger partial charge in [-0.25, -0.2) is 4.39 Å². The summed E-state index contributed by atoms with van der Waals surface area (Å²) in [4.78, 5) is 15.2. The van der Waals surface area contributed by atoms with Crippen LogP contribution in [0.4, 0.5) is 10.1 Å². The molecule has 0 radical (unpaired) electrons. The fourth-order valence-corrected chi connectivity index (χ4v) is 2.19. The van der Waals surface area contributed by atoms with Crippen LogP contribution >= 0.6 is 0 Å². The molecule has 100 valence electrons. The third-order valence-electron chi connectivity index (χ3n) is 3.10. The number of rotatable bonds is 2. The van der Waals surface area contributed by atoms with E-state index >= 15 is 0 Å². The number of carbonyl (C=O) groups is 1. The molecule has 0 bridgehead atoms. The average molecular weight is 268 g/mol. The summed E-state index contributed by atoms with van der Waals surface area (Å²) < 4.78 is 13.1. The molecule has 1 aromatic heterocycles. The monoisotopic (exact) mass is 268 g/mol. The van der Waals surface area contributed by atoms with Crippen LogP contribution in [0, 0.1) is 12.7 Å². The standard InChI is InChI=1S/C16H13FN2O/c1-10-7-12-9-14(5-6-15(12)18-10)19-16(20)11-3-2-4-13(17)8-11/h2-9,18H,1H3,(H,19,20). The van der Waals surface area contributed by atoms with Crippen molar-refractivity contribution in [3.8, 4) is 0 Å². The van der Waals surface area contributed by atoms with Crippen molar-refractivity contribution >= 4 is 22.5 Å². The van der Waals surface area contributed by atoms with Crippen LogP contribution in [0.2, 0.25) is 0 Å². The van der Waals surface area contributed by atoms with Gasteiger partial charge in [0.1, 0.15) is 5.82 Å². The van der Waals surface area contributed by atoms with Crippen molar-refractivity contribution in [2.45, 2.75) is 6.92 Å². The second-order valence-electron chi connectivity index (χ2n) is 4.72. The van der Waals surface area contributed by atoms with E-state index in [-0.39, 0.29) is 5.91 Å². The molecule has 0 saturated carbocycles. The van der Waals surface area contributed by atoms with E-state index in [0.29, 0.717) is 11.3 Å². The summed E-state index contributed by atoms with van der Waals surface area (Å²) in [7, 11) is 0. The molecule has 3 nitrogen and oxygen atoms in total. The van der Waals surface area contributed by atoms with Crippen molar-refractivity contribution in [2.75, 3.05) is 5.32 Å². The fraction of sp³-hybridized carbons (Fsp3) is 0.0625. The first-order chi connectivity index (χ1) is 9.61. The average Bonchev–Trinajstić information content (AvgIpc) is 2.78. The zero-order chi connectivity index (χ0) is 14.1. The molecule has 0 fully saturated rings. The normalized spacial score (nSPS) is 10.7. The van der Waals surface area contributed by atoms with E-state index in [1.807, 2.05) is 31.2 Å². The van der Waals surface area contributed by atoms with E-state index in [9.17, 15) is 9.18 Å². The Labute approximate surface area is 115 Å². The van der Waals surface area contributed by atoms with Gasteiger partial charge >= 0.3 is 0 Å². The van der Waals surface area contributed by atoms with Crippen LogP contribution in [0.25, 0.3) is 10.9 Å². The Hall–Kier alpha value is -2.62. The number of amides is 1. The molecular formula is C16H13FN2O. The Morgan fingerprint density at radius 1 is 1.15 bits per heavy atom. The Balaban J connectivity index is 1.87. The third-order valence-corrected chi connectivity index (χ3v) is 3.10. The lowest BCUT2D eigenvalue weighted by molar-refractivity contribution is 0.102. The number of fused-ring (bicyclic) bond motifs is 1. The van der Waals surface area contributed by atoms with Gasteiger partial charge in [0.25, 0.3) is 5.91 Å². The van der Waals surface area contributed by atoms with Crippen molar-refractivity contribution in [2.24, 2.45) is 0 Å². The highest BCUT2D eigenvalue weighted by molar-refractivity contribution is 6.05. The maximum Gasteiger partial charge on any atom is 0.255 e. The molecule has 2 N–H and O–H groups in total. The van der Waals surface area contributed by atoms with E-state index in [1.165, 1.54) is 18.2 Å². The highest BCUT2D eigenvalue weighted by atomic mass is 19.1. The maximum absolute atomic E-state index is 13.1. The highest BCUT2D eigenvalue weighted by Crippen LogP contribution is 2.20. The minimum atomic E-state index is -0.422. The number of aryl methyl sites for hydroxylation is 1. The lowest BCUT2D eigenvalue weighted by Gasteiger charge is -2.05. The van der Waals surface area contributed by atoms with Gasteiger partial charge in [0.2, 0.25) is 0 Å². The quantitative estimate of drug-likeness (QED) is 0.728. The molecule has 1 amide bonds. The van der Waals surface area contributed by atoms with Crippen LogP contribution in [-0.2, 0) is 0 Å². The van der Waals surface area contributed by atoms with Crippen molar-refractivity contribution in [3.05, 3.63) is 65.6 Å². The zero-order valence-electron chi connectivity index (χ0n) is 10.9. The molecule has 1 heterocycles. The molecule has 0 aliphatic carbocycles. The smallest absolute Gasteiger partial charge is 0.255 e. The lowest BCUT2D eigenvalue weighted by atomic mass is 10.2. The molecule has 0 aliphatic rings. The molecule has 0 spiro atoms. The second-order valence-corrected chi connectivity index (χ2v) is 4.72. The van der Waals surface area contributed by atoms with Crippen molar-refractivity contribution in [1.82, 2.24) is 4.98 Å². The van der Waals surface area contributed by atoms with E-state index < -0.39 is 5.82 Å². The van der Waals surface area contributed by atoms with Gasteiger partial charge < -0.3 is 10.3 Å². The van der Waals surface area contributed by atoms with E-state index in [2.05, 4.69) is 10.3 Å². The molecular weight excluding hydrogens is 255 g/mol. The molecule has 4 heteroatoms. The van der Waals surface area contributed by atoms with Gasteiger partial charge in [-0.3, -0.25) is 4.79 Å². The van der Waals surface area contributed by atoms with E-state index in [0.717, 1.165) is 16.6 Å². The number of aromatic nitrogens is 1. The number of H-pyrrole nitrogens is 1. The summed E-state index contributed by atoms with van der Waals surface area (Å²) in [5.74, 6) is -0.745. The number of nitrogens with one attached hydrogen (secondary N) is 2. The number of halogens is 1. The van der Waals surface area contributed by atoms with Gasteiger partial charge in [-0.05, 0) is 49.4 Å². The van der Waals surface area contributed by atoms with Crippen LogP contribution in [-0.4, -0.2) is 10.9 Å². The molecule has 20 heavy (non-hydrogen) atoms. The number of benzene rings is 2. The fourth-order valence-electron chi connectivity index (χ4n) is 2.19. The van der Waals surface area contributed by atoms with Crippen LogP contribution in [0.3, 0.4) is 0 Å². The van der Waals surface area contributed by atoms with Gasteiger partial charge in [0.15, 0.2) is 0 Å². The first kappa shape index (κ1) is 12.4. The summed E-state index contributed by atoms with van der Waals surface area (Å²) in [6, 6.07) is 13.2. The molecule has 0 aliphatic heterocycles. The van der Waals surface area contributed by atoms with E-state index in [1.54, 1.807) is 6.07 Å². The van der Waals surface area contributed by atoms with Crippen LogP contribution in [0.15, 0.2) is 48.5 Å². The SMILES string of the molecule is Cc1cc2cc(NC(=O)c3cccc(F)c3)ccc2[nH]1. The van der Waals surface area contributed by atoms with Crippen molar-refractivity contribution < 1.29 is 9.18 Å². The molecule has 0 unspecified atom stereocenters. The van der Waals surface area contributed by atoms with Gasteiger partial charge in [0.05, 0.1) is 0 Å². The Bertz CT molecular complexity index is 792. The summed E-state index contributed by atoms with van der Waals surface area (Å²) in [5.41, 5.74) is 3.07. The molecule has 0 saturated heterocycles. The minimum absolute atomic E-state index is 0.301. The van der Waals surface area contributed by atoms with Crippen molar-refractivity contribution in [3.63, 3.8) is 0 Å². The topological polar surface area (TPSA) is 44.9 Å². The number of hydrogen-bond acceptors (Lipinski definition) is 1. The summed E-state index contributed by atoms with van der Waals surface area (Å²) in [5, 5.41) is 3.79. The Kier molecular flexibility index (Phi) is 2.99. The molecule has 0 atom stereocenters. The van der Waals surface area contributed by atoms with Crippen LogP contribution < -0.4 is 5.32 Å². The minimum Gasteiger partial charge on any atom is -0.359 e. The number of anilines is 1.